The van der Waals surface area contributed by atoms with Crippen LogP contribution in [0.15, 0.2) is 15.8 Å². The number of ether oxygens (including phenoxy) is 2. The summed E-state index contributed by atoms with van der Waals surface area (Å²) < 4.78 is 12.0. The minimum atomic E-state index is -1.07. The van der Waals surface area contributed by atoms with E-state index >= 15 is 0 Å². The highest BCUT2D eigenvalue weighted by Crippen LogP contribution is 2.30. The predicted octanol–water partition coefficient (Wildman–Crippen LogP) is -1.36. The highest BCUT2D eigenvalue weighted by atomic mass is 16.6. The van der Waals surface area contributed by atoms with E-state index in [1.54, 1.807) is 0 Å². The molecular formula is C18H34N3O6+. The molecule has 27 heavy (non-hydrogen) atoms. The van der Waals surface area contributed by atoms with Gasteiger partial charge < -0.3 is 24.6 Å². The third-order valence-corrected chi connectivity index (χ3v) is 4.53. The fourth-order valence-electron chi connectivity index (χ4n) is 3.08. The van der Waals surface area contributed by atoms with Crippen LogP contribution in [0.25, 0.3) is 0 Å². The predicted molar refractivity (Wildman–Crippen MR) is 101 cm³/mol. The lowest BCUT2D eigenvalue weighted by Crippen LogP contribution is -3.07. The van der Waals surface area contributed by atoms with E-state index in [0.717, 1.165) is 24.3 Å². The van der Waals surface area contributed by atoms with Crippen LogP contribution in [0, 0.1) is 0 Å². The maximum absolute atomic E-state index is 12.2. The highest BCUT2D eigenvalue weighted by Gasteiger charge is 2.45. The van der Waals surface area contributed by atoms with E-state index in [9.17, 15) is 19.8 Å². The van der Waals surface area contributed by atoms with Crippen molar-refractivity contribution < 1.29 is 24.6 Å². The molecular weight excluding hydrogens is 354 g/mol. The molecule has 1 saturated heterocycles. The van der Waals surface area contributed by atoms with Crippen molar-refractivity contribution >= 4 is 0 Å². The molecule has 2 heterocycles. The van der Waals surface area contributed by atoms with E-state index in [1.165, 1.54) is 17.9 Å². The average molecular weight is 388 g/mol. The van der Waals surface area contributed by atoms with E-state index in [4.69, 9.17) is 9.47 Å². The molecule has 9 heteroatoms. The quantitative estimate of drug-likeness (QED) is 0.437. The van der Waals surface area contributed by atoms with Crippen LogP contribution < -0.4 is 16.1 Å². The van der Waals surface area contributed by atoms with E-state index in [-0.39, 0.29) is 0 Å². The van der Waals surface area contributed by atoms with Crippen molar-refractivity contribution in [3.05, 3.63) is 32.6 Å². The zero-order valence-electron chi connectivity index (χ0n) is 16.9. The zero-order valence-corrected chi connectivity index (χ0v) is 16.9. The van der Waals surface area contributed by atoms with Crippen molar-refractivity contribution in [3.8, 4) is 0 Å². The van der Waals surface area contributed by atoms with Gasteiger partial charge in [0.2, 0.25) is 0 Å². The number of quaternary nitrogens is 1. The van der Waals surface area contributed by atoms with Crippen LogP contribution in [-0.2, 0) is 16.0 Å². The summed E-state index contributed by atoms with van der Waals surface area (Å²) in [6.07, 6.45) is -0.0884. The number of hydrogen-bond acceptors (Lipinski definition) is 6. The van der Waals surface area contributed by atoms with Crippen molar-refractivity contribution in [2.45, 2.75) is 64.7 Å². The van der Waals surface area contributed by atoms with Gasteiger partial charge in [-0.15, -0.1) is 0 Å². The number of aromatic amines is 1. The molecule has 2 rings (SSSR count). The Labute approximate surface area is 159 Å². The molecule has 1 fully saturated rings. The smallest absolute Gasteiger partial charge is 0.330 e. The number of H-pyrrole nitrogens is 1. The number of aliphatic hydroxyl groups is 2. The van der Waals surface area contributed by atoms with Crippen LogP contribution in [0.3, 0.4) is 0 Å². The molecule has 1 aliphatic rings. The fraction of sp³-hybridized carbons (Fsp3) is 0.778. The van der Waals surface area contributed by atoms with Crippen LogP contribution in [0.4, 0.5) is 0 Å². The SMILES string of the molecule is CC.CCCC[NH+](C)Cc1cn(C2OC(CO)C(O)C2OC)c(=O)[nH]c1=O. The van der Waals surface area contributed by atoms with Crippen molar-refractivity contribution in [3.63, 3.8) is 0 Å². The third-order valence-electron chi connectivity index (χ3n) is 4.53. The van der Waals surface area contributed by atoms with Crippen LogP contribution >= 0.6 is 0 Å². The van der Waals surface area contributed by atoms with Gasteiger partial charge in [-0.25, -0.2) is 4.79 Å². The minimum Gasteiger partial charge on any atom is -0.394 e. The molecule has 1 aromatic rings. The molecule has 4 N–H and O–H groups in total. The van der Waals surface area contributed by atoms with Crippen LogP contribution in [0.1, 0.15) is 45.4 Å². The Hall–Kier alpha value is -1.52. The molecule has 9 nitrogen and oxygen atoms in total. The highest BCUT2D eigenvalue weighted by molar-refractivity contribution is 5.04. The summed E-state index contributed by atoms with van der Waals surface area (Å²) >= 11 is 0. The molecule has 0 radical (unpaired) electrons. The Morgan fingerprint density at radius 1 is 1.37 bits per heavy atom. The van der Waals surface area contributed by atoms with E-state index in [2.05, 4.69) is 11.9 Å². The monoisotopic (exact) mass is 388 g/mol. The molecule has 5 unspecified atom stereocenters. The molecule has 0 aliphatic carbocycles. The van der Waals surface area contributed by atoms with E-state index < -0.39 is 42.4 Å². The molecule has 0 aromatic carbocycles. The zero-order chi connectivity index (χ0) is 20.6. The molecule has 0 saturated carbocycles. The van der Waals surface area contributed by atoms with Gasteiger partial charge in [0.25, 0.3) is 5.56 Å². The first-order valence-corrected chi connectivity index (χ1v) is 9.55. The molecule has 156 valence electrons. The Bertz CT molecular complexity index is 674. The molecule has 1 aliphatic heterocycles. The summed E-state index contributed by atoms with van der Waals surface area (Å²) in [6.45, 7) is 7.09. The second-order valence-electron chi connectivity index (χ2n) is 6.50. The molecule has 1 aromatic heterocycles. The Morgan fingerprint density at radius 2 is 2.04 bits per heavy atom. The number of nitrogens with one attached hydrogen (secondary N) is 2. The second kappa shape index (κ2) is 11.4. The number of unbranched alkanes of at least 4 members (excludes halogenated alkanes) is 1. The van der Waals surface area contributed by atoms with Crippen molar-refractivity contribution in [2.75, 3.05) is 27.3 Å². The van der Waals surface area contributed by atoms with Gasteiger partial charge in [0.1, 0.15) is 24.9 Å². The second-order valence-corrected chi connectivity index (χ2v) is 6.50. The van der Waals surface area contributed by atoms with Crippen LogP contribution in [0.5, 0.6) is 0 Å². The summed E-state index contributed by atoms with van der Waals surface area (Å²) in [5, 5.41) is 19.4. The number of aliphatic hydroxyl groups excluding tert-OH is 2. The number of hydrogen-bond donors (Lipinski definition) is 4. The molecule has 5 atom stereocenters. The fourth-order valence-corrected chi connectivity index (χ4v) is 3.08. The first-order chi connectivity index (χ1) is 12.9. The Kier molecular flexibility index (Phi) is 9.89. The number of rotatable bonds is 8. The van der Waals surface area contributed by atoms with E-state index in [1.807, 2.05) is 20.9 Å². The van der Waals surface area contributed by atoms with Crippen molar-refractivity contribution in [1.82, 2.24) is 9.55 Å². The standard InChI is InChI=1S/C16H27N3O6.C2H6/c1-4-5-6-18(2)7-10-8-19(16(23)17-14(10)22)15-13(24-3)12(21)11(9-20)25-15;1-2/h8,11-13,15,20-21H,4-7,9H2,1-3H3,(H,17,22,23);1-2H3/p+1. The van der Waals surface area contributed by atoms with Crippen LogP contribution in [0.2, 0.25) is 0 Å². The van der Waals surface area contributed by atoms with Gasteiger partial charge in [-0.05, 0) is 6.42 Å². The van der Waals surface area contributed by atoms with Gasteiger partial charge in [0.15, 0.2) is 6.23 Å². The normalized spacial score (nSPS) is 25.7. The summed E-state index contributed by atoms with van der Waals surface area (Å²) in [5.41, 5.74) is -0.616. The van der Waals surface area contributed by atoms with E-state index in [0.29, 0.717) is 12.1 Å². The van der Waals surface area contributed by atoms with Gasteiger partial charge in [-0.1, -0.05) is 27.2 Å². The lowest BCUT2D eigenvalue weighted by Gasteiger charge is -2.21. The van der Waals surface area contributed by atoms with Gasteiger partial charge in [-0.3, -0.25) is 14.3 Å². The van der Waals surface area contributed by atoms with Crippen molar-refractivity contribution in [2.24, 2.45) is 0 Å². The molecule has 0 spiro atoms. The first-order valence-electron chi connectivity index (χ1n) is 9.55. The summed E-state index contributed by atoms with van der Waals surface area (Å²) in [5.74, 6) is 0. The summed E-state index contributed by atoms with van der Waals surface area (Å²) in [7, 11) is 3.38. The minimum absolute atomic E-state index is 0.396. The van der Waals surface area contributed by atoms with Gasteiger partial charge >= 0.3 is 5.69 Å². The maximum Gasteiger partial charge on any atom is 0.330 e. The lowest BCUT2D eigenvalue weighted by molar-refractivity contribution is -0.894. The Balaban J connectivity index is 0.00000176. The maximum atomic E-state index is 12.2. The number of nitrogens with zero attached hydrogens (tertiary/aromatic N) is 1. The van der Waals surface area contributed by atoms with Crippen molar-refractivity contribution in [1.29, 1.82) is 0 Å². The van der Waals surface area contributed by atoms with Gasteiger partial charge in [0.05, 0.1) is 25.8 Å². The molecule has 0 amide bonds. The topological polar surface area (TPSA) is 118 Å². The third kappa shape index (κ3) is 5.73. The van der Waals surface area contributed by atoms with Gasteiger partial charge in [0, 0.05) is 13.3 Å². The van der Waals surface area contributed by atoms with Crippen LogP contribution in [-0.4, -0.2) is 65.4 Å². The average Bonchev–Trinajstić information content (AvgIpc) is 2.99. The summed E-state index contributed by atoms with van der Waals surface area (Å²) in [6, 6.07) is 0. The summed E-state index contributed by atoms with van der Waals surface area (Å²) in [4.78, 5) is 27.8. The lowest BCUT2D eigenvalue weighted by atomic mass is 10.1. The number of methoxy groups -OCH3 is 1. The Morgan fingerprint density at radius 3 is 2.59 bits per heavy atom. The molecule has 0 bridgehead atoms. The first kappa shape index (κ1) is 23.5. The number of aromatic nitrogens is 2. The largest absolute Gasteiger partial charge is 0.394 e. The van der Waals surface area contributed by atoms with Gasteiger partial charge in [-0.2, -0.15) is 0 Å².